The van der Waals surface area contributed by atoms with Crippen molar-refractivity contribution in [2.24, 2.45) is 0 Å². The second-order valence-electron chi connectivity index (χ2n) is 35.2. The minimum absolute atomic E-state index is 0.164. The fourth-order valence-electron chi connectivity index (χ4n) is 20.7. The van der Waals surface area contributed by atoms with Gasteiger partial charge in [0.05, 0.1) is 5.41 Å². The minimum atomic E-state index is -0.698. The minimum Gasteiger partial charge on any atom is -0.0622 e. The maximum Gasteiger partial charge on any atom is 0.0726 e. The first-order valence-electron chi connectivity index (χ1n) is 46.9. The molecule has 0 atom stereocenters. The summed E-state index contributed by atoms with van der Waals surface area (Å²) in [4.78, 5) is 0. The van der Waals surface area contributed by atoms with Gasteiger partial charge in [-0.05, 0) is 271 Å². The number of rotatable bonds is 21. The van der Waals surface area contributed by atoms with E-state index in [-0.39, 0.29) is 5.92 Å². The van der Waals surface area contributed by atoms with Crippen LogP contribution in [-0.2, 0) is 11.8 Å². The van der Waals surface area contributed by atoms with Crippen molar-refractivity contribution in [2.75, 3.05) is 0 Å². The Morgan fingerprint density at radius 3 is 0.607 bits per heavy atom. The number of hydrogen-bond donors (Lipinski definition) is 0. The molecule has 0 heteroatoms. The first-order chi connectivity index (χ1) is 66.9. The van der Waals surface area contributed by atoms with Crippen molar-refractivity contribution in [3.8, 4) is 44.5 Å². The van der Waals surface area contributed by atoms with Gasteiger partial charge in [-0.25, -0.2) is 0 Å². The molecule has 636 valence electrons. The molecule has 135 heavy (non-hydrogen) atoms. The van der Waals surface area contributed by atoms with E-state index in [9.17, 15) is 0 Å². The van der Waals surface area contributed by atoms with Crippen LogP contribution in [-0.4, -0.2) is 0 Å². The van der Waals surface area contributed by atoms with E-state index in [1.165, 1.54) is 200 Å². The van der Waals surface area contributed by atoms with E-state index in [2.05, 4.69) is 564 Å². The van der Waals surface area contributed by atoms with Crippen LogP contribution in [0.3, 0.4) is 0 Å². The maximum absolute atomic E-state index is 2.59. The van der Waals surface area contributed by atoms with E-state index in [1.807, 2.05) is 0 Å². The average Bonchev–Trinajstić information content (AvgIpc) is 1.50. The van der Waals surface area contributed by atoms with E-state index < -0.39 is 5.41 Å². The molecular weight excluding hydrogens is 1620 g/mol. The number of benzene rings is 21. The van der Waals surface area contributed by atoms with Gasteiger partial charge in [0.25, 0.3) is 0 Å². The topological polar surface area (TPSA) is 0 Å². The van der Waals surface area contributed by atoms with Crippen LogP contribution < -0.4 is 0 Å². The quantitative estimate of drug-likeness (QED) is 0.0497. The molecule has 0 N–H and O–H groups in total. The van der Waals surface area contributed by atoms with Gasteiger partial charge in [-0.2, -0.15) is 0 Å². The zero-order chi connectivity index (χ0) is 90.1. The molecule has 0 nitrogen and oxygen atoms in total. The summed E-state index contributed by atoms with van der Waals surface area (Å²) in [6.07, 6.45) is 12.7. The third kappa shape index (κ3) is 17.0. The summed E-state index contributed by atoms with van der Waals surface area (Å²) in [5, 5.41) is 5.01. The fourth-order valence-corrected chi connectivity index (χ4v) is 20.7. The van der Waals surface area contributed by atoms with Crippen LogP contribution >= 0.6 is 0 Å². The van der Waals surface area contributed by atoms with E-state index in [0.29, 0.717) is 0 Å². The molecule has 0 unspecified atom stereocenters. The molecule has 21 aromatic rings. The molecule has 0 amide bonds. The summed E-state index contributed by atoms with van der Waals surface area (Å²) in [7, 11) is 0. The Hall–Kier alpha value is -17.2. The normalized spacial score (nSPS) is 11.7. The number of fused-ring (bicyclic) bond motifs is 12. The molecule has 0 radical (unpaired) electrons. The molecule has 0 aromatic heterocycles. The van der Waals surface area contributed by atoms with Crippen molar-refractivity contribution >= 4 is 79.8 Å². The molecule has 0 heterocycles. The zero-order valence-corrected chi connectivity index (χ0v) is 75.0. The molecule has 0 fully saturated rings. The summed E-state index contributed by atoms with van der Waals surface area (Å²) in [5.74, 6) is 0.164. The molecule has 0 aliphatic heterocycles. The van der Waals surface area contributed by atoms with Crippen LogP contribution in [0.2, 0.25) is 0 Å². The van der Waals surface area contributed by atoms with Crippen molar-refractivity contribution in [2.45, 2.75) is 17.8 Å². The zero-order valence-electron chi connectivity index (χ0n) is 75.0. The van der Waals surface area contributed by atoms with Crippen LogP contribution in [0.4, 0.5) is 0 Å². The van der Waals surface area contributed by atoms with Gasteiger partial charge in [-0.3, -0.25) is 0 Å². The van der Waals surface area contributed by atoms with Gasteiger partial charge in [0.15, 0.2) is 0 Å². The van der Waals surface area contributed by atoms with Crippen molar-refractivity contribution in [3.05, 3.63) is 656 Å². The van der Waals surface area contributed by atoms with E-state index >= 15 is 0 Å². The van der Waals surface area contributed by atoms with Gasteiger partial charge in [-0.15, -0.1) is 0 Å². The van der Waals surface area contributed by atoms with Gasteiger partial charge in [-0.1, -0.05) is 516 Å². The van der Waals surface area contributed by atoms with Crippen molar-refractivity contribution in [1.82, 2.24) is 0 Å². The molecule has 2 aliphatic rings. The lowest BCUT2D eigenvalue weighted by molar-refractivity contribution is 0.777. The standard InChI is InChI=1S/C81H58.C54H38/c1-9-25-61(26-10-1)73(62-27-11-2-12-28-62)49-57-41-45-69-70-46-42-58(50-74(63-29-13-3-14-30-63)64-31-15-4-16-32-64)54-78(70)81(77(69)53-57)79-55-59(51-75(65-33-17-5-18-34-65)66-35-19-6-20-36-66)43-47-71(79)72-48-44-60(56-80(72)81)52-76(67-37-21-7-22-38-67)68-39-23-8-24-40-68;1-5-17-41(18-6-1)51(42-19-7-2-8-20-42)37-39-29-33-45(34-30-39)53-47-25-13-15-27-49(47)54(50-28-16-14-26-48(50)53)46-35-31-40(32-36-46)38-52(43-21-9-3-10-22-43)44-23-11-4-12-24-44/h1-51,53-56,76H,52H2;1-38H. The Morgan fingerprint density at radius 1 is 0.178 bits per heavy atom. The maximum atomic E-state index is 2.59. The average molecular weight is 1720 g/mol. The molecule has 21 aromatic carbocycles. The predicted molar refractivity (Wildman–Crippen MR) is 573 cm³/mol. The van der Waals surface area contributed by atoms with E-state index in [4.69, 9.17) is 0 Å². The second kappa shape index (κ2) is 38.1. The number of hydrogen-bond acceptors (Lipinski definition) is 0. The van der Waals surface area contributed by atoms with E-state index in [1.54, 1.807) is 0 Å². The van der Waals surface area contributed by atoms with Crippen LogP contribution in [0.15, 0.2) is 534 Å². The van der Waals surface area contributed by atoms with Gasteiger partial charge >= 0.3 is 0 Å². The summed E-state index contributed by atoms with van der Waals surface area (Å²) >= 11 is 0. The Bertz CT molecular complexity index is 7170. The molecule has 2 aliphatic carbocycles. The SMILES string of the molecule is C(=C(c1ccccc1)c1ccccc1)c1ccc(-c2c3ccccc3c(-c3ccc(C=C(c4ccccc4)c4ccccc4)cc3)c3ccccc23)cc1.C(=C(c1ccccc1)c1ccccc1)c1ccc2c(c1)C1(c3cc(C=C(c4ccccc4)c4ccccc4)ccc3-2)c2cc(C=C(c3ccccc3)c3ccccc3)ccc2-c2ccc(CC(c3ccccc3)c3ccccc3)cc21. The molecule has 1 spiro atoms. The Labute approximate surface area is 792 Å². The van der Waals surface area contributed by atoms with Gasteiger partial charge in [0.1, 0.15) is 0 Å². The Kier molecular flexibility index (Phi) is 23.6. The van der Waals surface area contributed by atoms with Crippen LogP contribution in [0.25, 0.3) is 124 Å². The Balaban J connectivity index is 0.000000170. The summed E-state index contributed by atoms with van der Waals surface area (Å²) < 4.78 is 0. The van der Waals surface area contributed by atoms with Crippen molar-refractivity contribution in [3.63, 3.8) is 0 Å². The lowest BCUT2D eigenvalue weighted by Gasteiger charge is -2.32. The first kappa shape index (κ1) is 83.5. The van der Waals surface area contributed by atoms with Gasteiger partial charge in [0, 0.05) is 5.92 Å². The largest absolute Gasteiger partial charge is 0.0726 e. The third-order valence-corrected chi connectivity index (χ3v) is 27.0. The van der Waals surface area contributed by atoms with Gasteiger partial charge < -0.3 is 0 Å². The molecular formula is C135H96. The lowest BCUT2D eigenvalue weighted by atomic mass is 9.69. The van der Waals surface area contributed by atoms with Gasteiger partial charge in [0.2, 0.25) is 0 Å². The highest BCUT2D eigenvalue weighted by Gasteiger charge is 2.52. The molecule has 0 bridgehead atoms. The fraction of sp³-hybridized carbons (Fsp3) is 0.0222. The van der Waals surface area contributed by atoms with Crippen molar-refractivity contribution in [1.29, 1.82) is 0 Å². The summed E-state index contributed by atoms with van der Waals surface area (Å²) in [6.45, 7) is 0. The monoisotopic (exact) mass is 1720 g/mol. The summed E-state index contributed by atoms with van der Waals surface area (Å²) in [6, 6.07) is 195. The molecule has 23 rings (SSSR count). The van der Waals surface area contributed by atoms with E-state index in [0.717, 1.165) is 23.1 Å². The second-order valence-corrected chi connectivity index (χ2v) is 35.2. The Morgan fingerprint density at radius 2 is 0.370 bits per heavy atom. The molecule has 0 saturated carbocycles. The highest BCUT2D eigenvalue weighted by atomic mass is 14.5. The van der Waals surface area contributed by atoms with Crippen molar-refractivity contribution < 1.29 is 0 Å². The van der Waals surface area contributed by atoms with Crippen LogP contribution in [0, 0.1) is 0 Å². The lowest BCUT2D eigenvalue weighted by Crippen LogP contribution is -2.26. The van der Waals surface area contributed by atoms with Crippen LogP contribution in [0.1, 0.15) is 128 Å². The first-order valence-corrected chi connectivity index (χ1v) is 46.9. The third-order valence-electron chi connectivity index (χ3n) is 27.0. The smallest absolute Gasteiger partial charge is 0.0622 e. The highest BCUT2D eigenvalue weighted by molar-refractivity contribution is 6.21. The summed E-state index contributed by atoms with van der Waals surface area (Å²) in [5.41, 5.74) is 42.2. The van der Waals surface area contributed by atoms with Crippen LogP contribution in [0.5, 0.6) is 0 Å². The highest BCUT2D eigenvalue weighted by Crippen LogP contribution is 2.64. The molecule has 0 saturated heterocycles. The predicted octanol–water partition coefficient (Wildman–Crippen LogP) is 34.7.